The van der Waals surface area contributed by atoms with E-state index in [-0.39, 0.29) is 36.2 Å². The maximum atomic E-state index is 11.8. The van der Waals surface area contributed by atoms with E-state index in [0.29, 0.717) is 25.2 Å². The van der Waals surface area contributed by atoms with E-state index >= 15 is 0 Å². The third kappa shape index (κ3) is 6.62. The van der Waals surface area contributed by atoms with Crippen molar-refractivity contribution < 1.29 is 14.3 Å². The second-order valence-corrected chi connectivity index (χ2v) is 7.57. The summed E-state index contributed by atoms with van der Waals surface area (Å²) in [5.41, 5.74) is 0. The predicted octanol–water partition coefficient (Wildman–Crippen LogP) is 1.64. The standard InChI is InChI=1S/C19H35N5O3.HI/c1-3-20-18(21-12-17-13-24-9-5-6-16(24)14-27-17)22-15-7-10-23(11-8-15)19(25)26-4-2;/h15-17H,3-14H2,1-2H3,(H2,20,21,22);1H. The Bertz CT molecular complexity index is 514. The van der Waals surface area contributed by atoms with Crippen molar-refractivity contribution >= 4 is 36.0 Å². The van der Waals surface area contributed by atoms with Gasteiger partial charge in [0.05, 0.1) is 25.9 Å². The Kier molecular flexibility index (Phi) is 10.1. The van der Waals surface area contributed by atoms with Crippen LogP contribution in [0, 0.1) is 0 Å². The number of morpholine rings is 1. The van der Waals surface area contributed by atoms with Crippen molar-refractivity contribution in [3.05, 3.63) is 0 Å². The fourth-order valence-corrected chi connectivity index (χ4v) is 4.12. The first-order valence-corrected chi connectivity index (χ1v) is 10.5. The molecule has 0 radical (unpaired) electrons. The fraction of sp³-hybridized carbons (Fsp3) is 0.895. The lowest BCUT2D eigenvalue weighted by Gasteiger charge is -2.35. The molecule has 0 aromatic heterocycles. The predicted molar refractivity (Wildman–Crippen MR) is 120 cm³/mol. The summed E-state index contributed by atoms with van der Waals surface area (Å²) in [6.45, 7) is 10.3. The summed E-state index contributed by atoms with van der Waals surface area (Å²) in [5.74, 6) is 0.847. The highest BCUT2D eigenvalue weighted by Gasteiger charge is 2.32. The third-order valence-corrected chi connectivity index (χ3v) is 5.62. The minimum atomic E-state index is -0.203. The molecule has 0 aliphatic carbocycles. The molecule has 3 heterocycles. The molecule has 0 aromatic rings. The number of nitrogens with one attached hydrogen (secondary N) is 2. The van der Waals surface area contributed by atoms with E-state index < -0.39 is 0 Å². The molecule has 9 heteroatoms. The van der Waals surface area contributed by atoms with Gasteiger partial charge in [0.1, 0.15) is 0 Å². The van der Waals surface area contributed by atoms with Crippen LogP contribution in [0.1, 0.15) is 39.5 Å². The molecule has 28 heavy (non-hydrogen) atoms. The van der Waals surface area contributed by atoms with E-state index in [9.17, 15) is 4.79 Å². The van der Waals surface area contributed by atoms with Crippen LogP contribution in [-0.2, 0) is 9.47 Å². The summed E-state index contributed by atoms with van der Waals surface area (Å²) in [6.07, 6.45) is 4.34. The first kappa shape index (κ1) is 23.5. The van der Waals surface area contributed by atoms with E-state index in [4.69, 9.17) is 14.5 Å². The number of carbonyl (C=O) groups is 1. The number of carbonyl (C=O) groups excluding carboxylic acids is 1. The van der Waals surface area contributed by atoms with Crippen molar-refractivity contribution in [3.8, 4) is 0 Å². The first-order valence-electron chi connectivity index (χ1n) is 10.5. The lowest BCUT2D eigenvalue weighted by atomic mass is 10.1. The number of fused-ring (bicyclic) bond motifs is 1. The SMILES string of the molecule is CCNC(=NCC1CN2CCCC2CO1)NC1CCN(C(=O)OCC)CC1.I. The minimum Gasteiger partial charge on any atom is -0.450 e. The van der Waals surface area contributed by atoms with Gasteiger partial charge in [-0.3, -0.25) is 9.89 Å². The van der Waals surface area contributed by atoms with Crippen molar-refractivity contribution in [2.45, 2.75) is 57.7 Å². The highest BCUT2D eigenvalue weighted by molar-refractivity contribution is 14.0. The normalized spacial score (nSPS) is 26.4. The number of guanidine groups is 1. The van der Waals surface area contributed by atoms with Crippen molar-refractivity contribution in [2.24, 2.45) is 4.99 Å². The van der Waals surface area contributed by atoms with Crippen molar-refractivity contribution in [1.29, 1.82) is 0 Å². The molecular formula is C19H36IN5O3. The number of likely N-dealkylation sites (tertiary alicyclic amines) is 1. The summed E-state index contributed by atoms with van der Waals surface area (Å²) in [6, 6.07) is 0.949. The van der Waals surface area contributed by atoms with Crippen molar-refractivity contribution in [1.82, 2.24) is 20.4 Å². The second-order valence-electron chi connectivity index (χ2n) is 7.57. The second kappa shape index (κ2) is 12.0. The Hall–Kier alpha value is -0.810. The minimum absolute atomic E-state index is 0. The van der Waals surface area contributed by atoms with Crippen molar-refractivity contribution in [3.63, 3.8) is 0 Å². The smallest absolute Gasteiger partial charge is 0.409 e. The Morgan fingerprint density at radius 1 is 1.21 bits per heavy atom. The number of aliphatic imine (C=N–C) groups is 1. The van der Waals surface area contributed by atoms with Crippen LogP contribution in [0.3, 0.4) is 0 Å². The van der Waals surface area contributed by atoms with Gasteiger partial charge in [0.15, 0.2) is 5.96 Å². The number of amides is 1. The van der Waals surface area contributed by atoms with Crippen LogP contribution >= 0.6 is 24.0 Å². The summed E-state index contributed by atoms with van der Waals surface area (Å²) in [7, 11) is 0. The number of rotatable bonds is 5. The van der Waals surface area contributed by atoms with Crippen LogP contribution < -0.4 is 10.6 Å². The zero-order valence-electron chi connectivity index (χ0n) is 17.2. The van der Waals surface area contributed by atoms with Gasteiger partial charge < -0.3 is 25.0 Å². The van der Waals surface area contributed by atoms with E-state index in [1.54, 1.807) is 4.90 Å². The van der Waals surface area contributed by atoms with E-state index in [0.717, 1.165) is 51.6 Å². The van der Waals surface area contributed by atoms with Crippen LogP contribution in [0.5, 0.6) is 0 Å². The molecule has 3 aliphatic rings. The Morgan fingerprint density at radius 3 is 2.71 bits per heavy atom. The van der Waals surface area contributed by atoms with Gasteiger partial charge in [0, 0.05) is 38.3 Å². The molecule has 3 aliphatic heterocycles. The van der Waals surface area contributed by atoms with Crippen LogP contribution in [-0.4, -0.2) is 92.5 Å². The van der Waals surface area contributed by atoms with Gasteiger partial charge in [0.2, 0.25) is 0 Å². The number of hydrogen-bond donors (Lipinski definition) is 2. The molecule has 2 atom stereocenters. The van der Waals surface area contributed by atoms with E-state index in [2.05, 4.69) is 22.5 Å². The number of nitrogens with zero attached hydrogens (tertiary/aromatic N) is 3. The summed E-state index contributed by atoms with van der Waals surface area (Å²) in [4.78, 5) is 20.9. The topological polar surface area (TPSA) is 78.4 Å². The van der Waals surface area contributed by atoms with Crippen LogP contribution in [0.4, 0.5) is 4.79 Å². The number of hydrogen-bond acceptors (Lipinski definition) is 5. The van der Waals surface area contributed by atoms with Gasteiger partial charge in [-0.15, -0.1) is 24.0 Å². The fourth-order valence-electron chi connectivity index (χ4n) is 4.12. The highest BCUT2D eigenvalue weighted by Crippen LogP contribution is 2.22. The molecule has 3 saturated heterocycles. The van der Waals surface area contributed by atoms with Gasteiger partial charge >= 0.3 is 6.09 Å². The molecule has 1 amide bonds. The molecule has 2 unspecified atom stereocenters. The largest absolute Gasteiger partial charge is 0.450 e. The average Bonchev–Trinajstić information content (AvgIpc) is 3.15. The highest BCUT2D eigenvalue weighted by atomic mass is 127. The van der Waals surface area contributed by atoms with Crippen LogP contribution in [0.25, 0.3) is 0 Å². The quantitative estimate of drug-likeness (QED) is 0.334. The third-order valence-electron chi connectivity index (χ3n) is 5.62. The molecule has 8 nitrogen and oxygen atoms in total. The van der Waals surface area contributed by atoms with Crippen molar-refractivity contribution in [2.75, 3.05) is 52.5 Å². The molecule has 0 aromatic carbocycles. The monoisotopic (exact) mass is 509 g/mol. The molecule has 3 fully saturated rings. The van der Waals surface area contributed by atoms with Gasteiger partial charge in [-0.05, 0) is 46.1 Å². The van der Waals surface area contributed by atoms with E-state index in [1.165, 1.54) is 19.4 Å². The first-order chi connectivity index (χ1) is 13.2. The summed E-state index contributed by atoms with van der Waals surface area (Å²) >= 11 is 0. The number of halogens is 1. The lowest BCUT2D eigenvalue weighted by molar-refractivity contribution is -0.0432. The molecule has 0 saturated carbocycles. The number of piperidine rings is 1. The van der Waals surface area contributed by atoms with Gasteiger partial charge in [-0.1, -0.05) is 0 Å². The Balaban J connectivity index is 0.00000280. The zero-order valence-corrected chi connectivity index (χ0v) is 19.5. The Morgan fingerprint density at radius 2 is 2.00 bits per heavy atom. The van der Waals surface area contributed by atoms with Gasteiger partial charge in [0.25, 0.3) is 0 Å². The molecule has 162 valence electrons. The van der Waals surface area contributed by atoms with Crippen LogP contribution in [0.2, 0.25) is 0 Å². The molecule has 0 spiro atoms. The lowest BCUT2D eigenvalue weighted by Crippen LogP contribution is -2.50. The number of ether oxygens (including phenoxy) is 2. The zero-order chi connectivity index (χ0) is 19.1. The maximum Gasteiger partial charge on any atom is 0.409 e. The molecule has 2 N–H and O–H groups in total. The molecule has 3 rings (SSSR count). The van der Waals surface area contributed by atoms with Gasteiger partial charge in [-0.25, -0.2) is 4.79 Å². The maximum absolute atomic E-state index is 11.8. The van der Waals surface area contributed by atoms with Gasteiger partial charge in [-0.2, -0.15) is 0 Å². The van der Waals surface area contributed by atoms with E-state index in [1.807, 2.05) is 6.92 Å². The van der Waals surface area contributed by atoms with Crippen LogP contribution in [0.15, 0.2) is 4.99 Å². The average molecular weight is 509 g/mol. The molecule has 0 bridgehead atoms. The molecular weight excluding hydrogens is 473 g/mol. The summed E-state index contributed by atoms with van der Waals surface area (Å²) < 4.78 is 11.1. The summed E-state index contributed by atoms with van der Waals surface area (Å²) in [5, 5.41) is 6.86. The Labute approximate surface area is 185 Å².